The van der Waals surface area contributed by atoms with Gasteiger partial charge >= 0.3 is 0 Å². The Bertz CT molecular complexity index is 540. The fourth-order valence-electron chi connectivity index (χ4n) is 1.87. The van der Waals surface area contributed by atoms with Gasteiger partial charge < -0.3 is 9.73 Å². The molecular weight excluding hydrogens is 238 g/mol. The van der Waals surface area contributed by atoms with Crippen LogP contribution in [0.4, 0.5) is 0 Å². The molecule has 2 rings (SSSR count). The molecule has 3 heteroatoms. The third kappa shape index (κ3) is 4.28. The molecule has 0 aliphatic heterocycles. The highest BCUT2D eigenvalue weighted by atomic mass is 16.3. The molecule has 1 heterocycles. The summed E-state index contributed by atoms with van der Waals surface area (Å²) in [6.45, 7) is 4.41. The van der Waals surface area contributed by atoms with Gasteiger partial charge in [-0.3, -0.25) is 4.79 Å². The van der Waals surface area contributed by atoms with Crippen molar-refractivity contribution in [3.63, 3.8) is 0 Å². The molecule has 0 saturated heterocycles. The molecule has 0 bridgehead atoms. The van der Waals surface area contributed by atoms with Crippen LogP contribution in [0.2, 0.25) is 0 Å². The predicted octanol–water partition coefficient (Wildman–Crippen LogP) is 3.15. The Kier molecular flexibility index (Phi) is 4.39. The normalized spacial score (nSPS) is 10.4. The molecule has 0 aliphatic rings. The fraction of sp³-hybridized carbons (Fsp3) is 0.312. The van der Waals surface area contributed by atoms with Gasteiger partial charge in [-0.2, -0.15) is 0 Å². The Hall–Kier alpha value is -2.03. The first-order chi connectivity index (χ1) is 9.13. The lowest BCUT2D eigenvalue weighted by Gasteiger charge is -2.04. The number of furan rings is 1. The number of carbonyl (C=O) groups is 1. The summed E-state index contributed by atoms with van der Waals surface area (Å²) >= 11 is 0. The molecule has 0 saturated carbocycles. The largest absolute Gasteiger partial charge is 0.465 e. The lowest BCUT2D eigenvalue weighted by molar-refractivity contribution is -0.121. The molecule has 0 spiro atoms. The summed E-state index contributed by atoms with van der Waals surface area (Å²) in [6, 6.07) is 12.1. The maximum absolute atomic E-state index is 11.7. The molecule has 0 fully saturated rings. The average molecular weight is 257 g/mol. The molecule has 0 aliphatic carbocycles. The van der Waals surface area contributed by atoms with Crippen molar-refractivity contribution < 1.29 is 9.21 Å². The molecule has 0 unspecified atom stereocenters. The topological polar surface area (TPSA) is 42.2 Å². The van der Waals surface area contributed by atoms with Gasteiger partial charge in [0.1, 0.15) is 11.5 Å². The maximum Gasteiger partial charge on any atom is 0.220 e. The van der Waals surface area contributed by atoms with E-state index >= 15 is 0 Å². The third-order valence-corrected chi connectivity index (χ3v) is 3.02. The maximum atomic E-state index is 11.7. The summed E-state index contributed by atoms with van der Waals surface area (Å²) < 4.78 is 5.40. The van der Waals surface area contributed by atoms with Crippen molar-refractivity contribution in [1.82, 2.24) is 5.32 Å². The second-order valence-electron chi connectivity index (χ2n) is 4.77. The number of carbonyl (C=O) groups excluding carboxylic acids is 1. The number of rotatable bonds is 5. The average Bonchev–Trinajstić information content (AvgIpc) is 2.81. The molecule has 1 aromatic carbocycles. The standard InChI is InChI=1S/C16H19NO2/c1-12-3-6-14(7-4-12)8-10-16(18)17-11-15-9-5-13(2)19-15/h3-7,9H,8,10-11H2,1-2H3,(H,17,18). The van der Waals surface area contributed by atoms with Crippen molar-refractivity contribution in [1.29, 1.82) is 0 Å². The molecule has 2 aromatic rings. The van der Waals surface area contributed by atoms with Crippen LogP contribution in [0.3, 0.4) is 0 Å². The molecule has 1 aromatic heterocycles. The summed E-state index contributed by atoms with van der Waals surface area (Å²) in [5, 5.41) is 2.86. The summed E-state index contributed by atoms with van der Waals surface area (Å²) in [4.78, 5) is 11.7. The molecule has 0 radical (unpaired) electrons. The Balaban J connectivity index is 1.74. The molecule has 0 atom stereocenters. The van der Waals surface area contributed by atoms with Crippen molar-refractivity contribution in [2.45, 2.75) is 33.2 Å². The van der Waals surface area contributed by atoms with Crippen LogP contribution < -0.4 is 5.32 Å². The van der Waals surface area contributed by atoms with Crippen LogP contribution in [0.1, 0.15) is 29.1 Å². The Labute approximate surface area is 113 Å². The van der Waals surface area contributed by atoms with Gasteiger partial charge in [0.05, 0.1) is 6.54 Å². The van der Waals surface area contributed by atoms with Gasteiger partial charge in [-0.05, 0) is 38.0 Å². The minimum Gasteiger partial charge on any atom is -0.465 e. The van der Waals surface area contributed by atoms with Crippen LogP contribution in [0.15, 0.2) is 40.8 Å². The molecule has 1 amide bonds. The van der Waals surface area contributed by atoms with E-state index in [9.17, 15) is 4.79 Å². The van der Waals surface area contributed by atoms with Crippen LogP contribution in [-0.2, 0) is 17.8 Å². The fourth-order valence-corrected chi connectivity index (χ4v) is 1.87. The quantitative estimate of drug-likeness (QED) is 0.894. The molecule has 19 heavy (non-hydrogen) atoms. The van der Waals surface area contributed by atoms with E-state index in [4.69, 9.17) is 4.42 Å². The summed E-state index contributed by atoms with van der Waals surface area (Å²) in [6.07, 6.45) is 1.27. The predicted molar refractivity (Wildman–Crippen MR) is 74.8 cm³/mol. The zero-order chi connectivity index (χ0) is 13.7. The first kappa shape index (κ1) is 13.4. The van der Waals surface area contributed by atoms with Crippen LogP contribution >= 0.6 is 0 Å². The van der Waals surface area contributed by atoms with Gasteiger partial charge in [0.2, 0.25) is 5.91 Å². The summed E-state index contributed by atoms with van der Waals surface area (Å²) in [5.74, 6) is 1.71. The number of aryl methyl sites for hydroxylation is 3. The molecule has 1 N–H and O–H groups in total. The highest BCUT2D eigenvalue weighted by Gasteiger charge is 2.04. The van der Waals surface area contributed by atoms with Gasteiger partial charge in [-0.15, -0.1) is 0 Å². The van der Waals surface area contributed by atoms with Crippen LogP contribution in [-0.4, -0.2) is 5.91 Å². The lowest BCUT2D eigenvalue weighted by Crippen LogP contribution is -2.22. The van der Waals surface area contributed by atoms with Crippen molar-refractivity contribution in [2.75, 3.05) is 0 Å². The van der Waals surface area contributed by atoms with E-state index in [0.717, 1.165) is 17.9 Å². The SMILES string of the molecule is Cc1ccc(CCC(=O)NCc2ccc(C)o2)cc1. The van der Waals surface area contributed by atoms with Gasteiger partial charge in [0.25, 0.3) is 0 Å². The van der Waals surface area contributed by atoms with Crippen molar-refractivity contribution in [3.05, 3.63) is 59.0 Å². The number of hydrogen-bond donors (Lipinski definition) is 1. The van der Waals surface area contributed by atoms with Crippen LogP contribution in [0.25, 0.3) is 0 Å². The minimum atomic E-state index is 0.0506. The summed E-state index contributed by atoms with van der Waals surface area (Å²) in [7, 11) is 0. The van der Waals surface area contributed by atoms with E-state index in [0.29, 0.717) is 13.0 Å². The first-order valence-electron chi connectivity index (χ1n) is 6.51. The third-order valence-electron chi connectivity index (χ3n) is 3.02. The number of nitrogens with one attached hydrogen (secondary N) is 1. The van der Waals surface area contributed by atoms with E-state index in [1.807, 2.05) is 19.1 Å². The molecule has 3 nitrogen and oxygen atoms in total. The second-order valence-corrected chi connectivity index (χ2v) is 4.77. The van der Waals surface area contributed by atoms with Crippen molar-refractivity contribution >= 4 is 5.91 Å². The van der Waals surface area contributed by atoms with Gasteiger partial charge in [0, 0.05) is 6.42 Å². The van der Waals surface area contributed by atoms with E-state index < -0.39 is 0 Å². The van der Waals surface area contributed by atoms with Gasteiger partial charge in [-0.25, -0.2) is 0 Å². The van der Waals surface area contributed by atoms with Crippen LogP contribution in [0.5, 0.6) is 0 Å². The monoisotopic (exact) mass is 257 g/mol. The molecule has 100 valence electrons. The van der Waals surface area contributed by atoms with E-state index in [-0.39, 0.29) is 5.91 Å². The minimum absolute atomic E-state index is 0.0506. The van der Waals surface area contributed by atoms with Crippen LogP contribution in [0, 0.1) is 13.8 Å². The highest BCUT2D eigenvalue weighted by molar-refractivity contribution is 5.76. The van der Waals surface area contributed by atoms with Gasteiger partial charge in [0.15, 0.2) is 0 Å². The number of amides is 1. The molecular formula is C16H19NO2. The Morgan fingerprint density at radius 1 is 1.11 bits per heavy atom. The van der Waals surface area contributed by atoms with E-state index in [2.05, 4.69) is 36.5 Å². The van der Waals surface area contributed by atoms with Crippen molar-refractivity contribution in [2.24, 2.45) is 0 Å². The van der Waals surface area contributed by atoms with Gasteiger partial charge in [-0.1, -0.05) is 29.8 Å². The number of benzene rings is 1. The lowest BCUT2D eigenvalue weighted by atomic mass is 10.1. The first-order valence-corrected chi connectivity index (χ1v) is 6.51. The highest BCUT2D eigenvalue weighted by Crippen LogP contribution is 2.07. The zero-order valence-corrected chi connectivity index (χ0v) is 11.4. The van der Waals surface area contributed by atoms with E-state index in [1.165, 1.54) is 11.1 Å². The smallest absolute Gasteiger partial charge is 0.220 e. The number of hydrogen-bond acceptors (Lipinski definition) is 2. The Morgan fingerprint density at radius 2 is 1.84 bits per heavy atom. The van der Waals surface area contributed by atoms with E-state index in [1.54, 1.807) is 0 Å². The van der Waals surface area contributed by atoms with Crippen molar-refractivity contribution in [3.8, 4) is 0 Å². The summed E-state index contributed by atoms with van der Waals surface area (Å²) in [5.41, 5.74) is 2.43. The second kappa shape index (κ2) is 6.23. The zero-order valence-electron chi connectivity index (χ0n) is 11.4. The Morgan fingerprint density at radius 3 is 2.47 bits per heavy atom.